The van der Waals surface area contributed by atoms with Crippen molar-refractivity contribution >= 4 is 45.9 Å². The minimum Gasteiger partial charge on any atom is -0.478 e. The lowest BCUT2D eigenvalue weighted by molar-refractivity contribution is -0.146. The summed E-state index contributed by atoms with van der Waals surface area (Å²) in [6.45, 7) is 24.6. The number of nitrogens with zero attached hydrogens (tertiary/aromatic N) is 7. The Morgan fingerprint density at radius 2 is 1.06 bits per heavy atom. The minimum atomic E-state index is -0.867. The van der Waals surface area contributed by atoms with Crippen LogP contribution < -0.4 is 5.32 Å². The first-order valence-electron chi connectivity index (χ1n) is 27.3. The second-order valence-electron chi connectivity index (χ2n) is 21.0. The average molecular weight is 1080 g/mol. The van der Waals surface area contributed by atoms with Crippen molar-refractivity contribution in [3.8, 4) is 0 Å². The molecule has 0 unspecified atom stereocenters. The topological polar surface area (TPSA) is 184 Å². The molecule has 2 aromatic heterocycles. The van der Waals surface area contributed by atoms with Gasteiger partial charge in [0.1, 0.15) is 11.0 Å². The number of fused-ring (bicyclic) bond motifs is 4. The van der Waals surface area contributed by atoms with Crippen molar-refractivity contribution in [3.63, 3.8) is 0 Å². The fourth-order valence-corrected chi connectivity index (χ4v) is 11.2. The summed E-state index contributed by atoms with van der Waals surface area (Å²) >= 11 is 0. The molecule has 420 valence electrons. The van der Waals surface area contributed by atoms with Crippen molar-refractivity contribution in [1.82, 2.24) is 40.2 Å². The molecule has 8 aromatic rings. The van der Waals surface area contributed by atoms with E-state index in [1.807, 2.05) is 93.1 Å². The van der Waals surface area contributed by atoms with Crippen LogP contribution in [-0.2, 0) is 58.1 Å². The zero-order chi connectivity index (χ0) is 56.8. The Hall–Kier alpha value is -8.04. The molecule has 0 radical (unpaired) electrons. The Labute approximate surface area is 470 Å². The minimum absolute atomic E-state index is 0. The molecular formula is C65H78N8O7. The Kier molecular flexibility index (Phi) is 19.2. The molecule has 15 nitrogen and oxygen atoms in total. The number of benzene rings is 6. The number of hydrogen-bond acceptors (Lipinski definition) is 11. The van der Waals surface area contributed by atoms with Crippen LogP contribution in [0.25, 0.3) is 22.1 Å². The summed E-state index contributed by atoms with van der Waals surface area (Å²) in [5.74, 6) is -2.35. The molecule has 1 amide bonds. The van der Waals surface area contributed by atoms with Gasteiger partial charge in [0.05, 0.1) is 42.7 Å². The molecule has 2 aliphatic rings. The van der Waals surface area contributed by atoms with Crippen LogP contribution in [0.2, 0.25) is 0 Å². The van der Waals surface area contributed by atoms with Gasteiger partial charge in [0, 0.05) is 50.1 Å². The van der Waals surface area contributed by atoms with Crippen molar-refractivity contribution in [2.45, 2.75) is 128 Å². The van der Waals surface area contributed by atoms with Gasteiger partial charge in [-0.15, -0.1) is 10.2 Å². The second-order valence-corrected chi connectivity index (χ2v) is 21.0. The van der Waals surface area contributed by atoms with Crippen LogP contribution >= 0.6 is 0 Å². The van der Waals surface area contributed by atoms with Gasteiger partial charge >= 0.3 is 17.9 Å². The van der Waals surface area contributed by atoms with Gasteiger partial charge in [0.25, 0.3) is 5.91 Å². The van der Waals surface area contributed by atoms with Crippen LogP contribution in [0, 0.1) is 53.4 Å². The number of amides is 1. The van der Waals surface area contributed by atoms with Gasteiger partial charge < -0.3 is 24.8 Å². The molecule has 0 spiro atoms. The van der Waals surface area contributed by atoms with Crippen molar-refractivity contribution < 1.29 is 33.8 Å². The zero-order valence-corrected chi connectivity index (χ0v) is 47.7. The van der Waals surface area contributed by atoms with Crippen LogP contribution in [0.15, 0.2) is 97.1 Å². The Morgan fingerprint density at radius 1 is 0.588 bits per heavy atom. The molecule has 6 aromatic carbocycles. The number of nitrogens with one attached hydrogen (secondary N) is 1. The summed E-state index contributed by atoms with van der Waals surface area (Å²) < 4.78 is 14.1. The molecular weight excluding hydrogens is 1000 g/mol. The molecule has 0 saturated heterocycles. The lowest BCUT2D eigenvalue weighted by Crippen LogP contribution is -2.36. The quantitative estimate of drug-likeness (QED) is 0.111. The highest BCUT2D eigenvalue weighted by Crippen LogP contribution is 2.40. The molecule has 0 saturated carbocycles. The van der Waals surface area contributed by atoms with Gasteiger partial charge in [-0.2, -0.15) is 0 Å². The number of aromatic nitrogens is 6. The van der Waals surface area contributed by atoms with E-state index < -0.39 is 11.9 Å². The van der Waals surface area contributed by atoms with Crippen LogP contribution in [0.4, 0.5) is 0 Å². The number of ether oxygens (including phenoxy) is 2. The van der Waals surface area contributed by atoms with Gasteiger partial charge in [-0.1, -0.05) is 92.4 Å². The number of aryl methyl sites for hydroxylation is 8. The average Bonchev–Trinajstić information content (AvgIpc) is 4.10. The number of carboxylic acids is 1. The van der Waals surface area contributed by atoms with E-state index in [-0.39, 0.29) is 43.0 Å². The van der Waals surface area contributed by atoms with Crippen molar-refractivity contribution in [1.29, 1.82) is 0 Å². The fraction of sp³-hybridized carbons (Fsp3) is 0.385. The van der Waals surface area contributed by atoms with Gasteiger partial charge in [-0.05, 0) is 189 Å². The van der Waals surface area contributed by atoms with Crippen LogP contribution in [0.5, 0.6) is 0 Å². The third kappa shape index (κ3) is 12.4. The summed E-state index contributed by atoms with van der Waals surface area (Å²) in [5, 5.41) is 29.5. The smallest absolute Gasteiger partial charge is 0.335 e. The summed E-state index contributed by atoms with van der Waals surface area (Å²) in [4.78, 5) is 51.2. The molecule has 0 bridgehead atoms. The van der Waals surface area contributed by atoms with E-state index in [1.165, 1.54) is 36.5 Å². The van der Waals surface area contributed by atoms with Crippen LogP contribution in [-0.4, -0.2) is 91.1 Å². The van der Waals surface area contributed by atoms with Gasteiger partial charge in [-0.3, -0.25) is 14.4 Å². The largest absolute Gasteiger partial charge is 0.478 e. The molecule has 15 heteroatoms. The highest BCUT2D eigenvalue weighted by Gasteiger charge is 2.33. The highest BCUT2D eigenvalue weighted by molar-refractivity contribution is 5.94. The maximum Gasteiger partial charge on any atom is 0.335 e. The van der Waals surface area contributed by atoms with E-state index >= 15 is 0 Å². The van der Waals surface area contributed by atoms with E-state index in [4.69, 9.17) is 14.6 Å². The van der Waals surface area contributed by atoms with Crippen molar-refractivity contribution in [2.24, 2.45) is 11.8 Å². The number of carbonyl (C=O) groups is 4. The third-order valence-electron chi connectivity index (χ3n) is 16.3. The maximum atomic E-state index is 13.4. The van der Waals surface area contributed by atoms with Crippen LogP contribution in [0.3, 0.4) is 0 Å². The van der Waals surface area contributed by atoms with E-state index in [2.05, 4.69) is 101 Å². The van der Waals surface area contributed by atoms with Crippen molar-refractivity contribution in [3.05, 3.63) is 186 Å². The Bertz CT molecular complexity index is 3580. The lowest BCUT2D eigenvalue weighted by Gasteiger charge is -2.31. The number of methoxy groups -OCH3 is 2. The van der Waals surface area contributed by atoms with Gasteiger partial charge in [0.15, 0.2) is 0 Å². The number of carbonyl (C=O) groups excluding carboxylic acids is 3. The highest BCUT2D eigenvalue weighted by atomic mass is 16.5. The molecule has 2 N–H and O–H groups in total. The first kappa shape index (κ1) is 59.6. The first-order chi connectivity index (χ1) is 37.9. The fourth-order valence-electron chi connectivity index (χ4n) is 11.2. The maximum absolute atomic E-state index is 13.4. The van der Waals surface area contributed by atoms with E-state index in [9.17, 15) is 19.2 Å². The monoisotopic (exact) mass is 1080 g/mol. The van der Waals surface area contributed by atoms with Crippen molar-refractivity contribution in [2.75, 3.05) is 27.3 Å². The molecule has 80 heavy (non-hydrogen) atoms. The standard InChI is InChI=1S/C32H36N4O3.C23H28N4O2.C9H10O2.CH4/c1-7-36-28-13-12-27(21(4)30(28)33-34-36)29(22(5)32(38)39-6)24-11-10-23-14-15-35(18-26(23)17-24)31(37)25-9-8-19(2)20(3)16-25;1-5-27-20-9-8-19(14(2)22(20)25-26-27)21(15(3)23(28)29-4)17-7-6-16-10-11-24-13-18(16)12-17;1-6-3-4-8(9(10)11)5-7(6)2;/h8-13,16-17,22,29H,7,14-15,18H2,1-6H3;6-9,12,15,21,24H,5,10-11,13H2,1-4H3;3-5H,1-2H3,(H,10,11);1H4/t22-,29-;15-,21-;;/m00../s1. The summed E-state index contributed by atoms with van der Waals surface area (Å²) in [5.41, 5.74) is 20.7. The normalized spacial score (nSPS) is 14.2. The lowest BCUT2D eigenvalue weighted by atomic mass is 9.78. The summed E-state index contributed by atoms with van der Waals surface area (Å²) in [6.07, 6.45) is 1.84. The van der Waals surface area contributed by atoms with Gasteiger partial charge in [0.2, 0.25) is 0 Å². The van der Waals surface area contributed by atoms with Gasteiger partial charge in [-0.25, -0.2) is 14.2 Å². The molecule has 10 rings (SSSR count). The SMILES string of the molecule is C.CCn1nnc2c(C)c([C@H](c3ccc4c(c3)CN(C(=O)c3ccc(C)c(C)c3)CC4)[C@H](C)C(=O)OC)ccc21.CCn1nnc2c(C)c([C@H](c3ccc4c(c3)CNCC4)[C@H](C)C(=O)OC)ccc21.Cc1ccc(C(=O)O)cc1C. The number of hydrogen-bond donors (Lipinski definition) is 2. The predicted octanol–water partition coefficient (Wildman–Crippen LogP) is 11.5. The Balaban J connectivity index is 0.000000197. The second kappa shape index (κ2) is 25.8. The van der Waals surface area contributed by atoms with E-state index in [0.717, 1.165) is 122 Å². The molecule has 4 atom stereocenters. The molecule has 4 heterocycles. The summed E-state index contributed by atoms with van der Waals surface area (Å²) in [6, 6.07) is 32.4. The molecule has 0 fully saturated rings. The van der Waals surface area contributed by atoms with Crippen LogP contribution in [0.1, 0.15) is 146 Å². The van der Waals surface area contributed by atoms with E-state index in [0.29, 0.717) is 18.7 Å². The third-order valence-corrected chi connectivity index (χ3v) is 16.3. The number of carboxylic acid groups (broad SMARTS) is 1. The number of rotatable bonds is 12. The summed E-state index contributed by atoms with van der Waals surface area (Å²) in [7, 11) is 2.89. The molecule has 0 aliphatic carbocycles. The Morgan fingerprint density at radius 3 is 1.54 bits per heavy atom. The zero-order valence-electron chi connectivity index (χ0n) is 47.7. The first-order valence-corrected chi connectivity index (χ1v) is 27.3. The number of esters is 2. The predicted molar refractivity (Wildman–Crippen MR) is 314 cm³/mol. The van der Waals surface area contributed by atoms with E-state index in [1.54, 1.807) is 12.1 Å². The number of aromatic carboxylic acids is 1. The molecule has 2 aliphatic heterocycles.